The minimum Gasteiger partial charge on any atom is -0.463 e. The van der Waals surface area contributed by atoms with Crippen LogP contribution in [0.3, 0.4) is 0 Å². The first kappa shape index (κ1) is 28.0. The van der Waals surface area contributed by atoms with Gasteiger partial charge in [-0.1, -0.05) is 54.2 Å². The van der Waals surface area contributed by atoms with Crippen LogP contribution in [0.2, 0.25) is 0 Å². The van der Waals surface area contributed by atoms with Crippen molar-refractivity contribution in [2.24, 2.45) is 4.99 Å². The van der Waals surface area contributed by atoms with Gasteiger partial charge in [-0.05, 0) is 42.9 Å². The number of nitrogens with zero attached hydrogens (tertiary/aromatic N) is 2. The van der Waals surface area contributed by atoms with E-state index in [-0.39, 0.29) is 30.6 Å². The summed E-state index contributed by atoms with van der Waals surface area (Å²) in [5.74, 6) is -0.863. The maximum Gasteiger partial charge on any atom is 0.416 e. The van der Waals surface area contributed by atoms with Crippen LogP contribution in [0.5, 0.6) is 0 Å². The predicted octanol–water partition coefficient (Wildman–Crippen LogP) is 5.67. The molecule has 2 aromatic carbocycles. The van der Waals surface area contributed by atoms with Crippen molar-refractivity contribution in [1.82, 2.24) is 10.2 Å². The van der Waals surface area contributed by atoms with E-state index in [1.165, 1.54) is 23.9 Å². The van der Waals surface area contributed by atoms with E-state index in [9.17, 15) is 22.8 Å². The molecule has 2 atom stereocenters. The first-order valence-corrected chi connectivity index (χ1v) is 13.9. The molecule has 0 aromatic heterocycles. The zero-order chi connectivity index (χ0) is 28.3. The highest BCUT2D eigenvalue weighted by atomic mass is 32.2. The first-order valence-electron chi connectivity index (χ1n) is 13.0. The predicted molar refractivity (Wildman–Crippen MR) is 146 cm³/mol. The summed E-state index contributed by atoms with van der Waals surface area (Å²) < 4.78 is 51.1. The van der Waals surface area contributed by atoms with Crippen molar-refractivity contribution < 1.29 is 32.2 Å². The fourth-order valence-electron chi connectivity index (χ4n) is 4.92. The smallest absolute Gasteiger partial charge is 0.416 e. The van der Waals surface area contributed by atoms with Gasteiger partial charge in [-0.2, -0.15) is 13.2 Å². The number of benzene rings is 2. The minimum absolute atomic E-state index is 0.00729. The molecule has 1 fully saturated rings. The maximum atomic E-state index is 13.5. The molecule has 3 aliphatic heterocycles. The van der Waals surface area contributed by atoms with Crippen molar-refractivity contribution in [1.29, 1.82) is 0 Å². The summed E-state index contributed by atoms with van der Waals surface area (Å²) in [6.07, 6.45) is -2.70. The van der Waals surface area contributed by atoms with Crippen LogP contribution in [-0.2, 0) is 25.2 Å². The number of nitrogens with one attached hydrogen (secondary N) is 1. The van der Waals surface area contributed by atoms with Crippen molar-refractivity contribution >= 4 is 34.5 Å². The van der Waals surface area contributed by atoms with Crippen molar-refractivity contribution in [3.63, 3.8) is 0 Å². The van der Waals surface area contributed by atoms with E-state index in [4.69, 9.17) is 14.5 Å². The number of hydrogen-bond donors (Lipinski definition) is 1. The van der Waals surface area contributed by atoms with Crippen LogP contribution in [0.1, 0.15) is 48.9 Å². The second-order valence-corrected chi connectivity index (χ2v) is 10.3. The topological polar surface area (TPSA) is 80.2 Å². The normalized spacial score (nSPS) is 20.6. The van der Waals surface area contributed by atoms with Gasteiger partial charge in [0.05, 0.1) is 42.0 Å². The zero-order valence-corrected chi connectivity index (χ0v) is 22.6. The highest BCUT2D eigenvalue weighted by Gasteiger charge is 2.42. The van der Waals surface area contributed by atoms with Gasteiger partial charge >= 0.3 is 12.1 Å². The SMILES string of the molecule is CCOC(=O)C1=C(c2ccccc2)N=C2SC=C(CC(=O)NC[C@@H]3CCCO3)N2[C@@H]1c1ccc(C(F)(F)F)cc1. The summed E-state index contributed by atoms with van der Waals surface area (Å²) in [5.41, 5.74) is 1.44. The first-order chi connectivity index (χ1) is 19.3. The number of amidine groups is 1. The number of alkyl halides is 3. The van der Waals surface area contributed by atoms with Gasteiger partial charge in [-0.3, -0.25) is 4.79 Å². The number of carbonyl (C=O) groups excluding carboxylic acids is 2. The fraction of sp³-hybridized carbons (Fsp3) is 0.345. The molecule has 3 aliphatic rings. The molecule has 40 heavy (non-hydrogen) atoms. The standard InChI is InChI=1S/C29H28F3N3O4S/c1-2-38-27(37)24-25(18-7-4-3-5-8-18)34-28-35(26(24)19-10-12-20(13-11-19)29(30,31)32)21(17-40-28)15-23(36)33-16-22-9-6-14-39-22/h3-5,7-8,10-13,17,22,26H,2,6,9,14-16H2,1H3,(H,33,36)/t22-,26+/m0/s1. The largest absolute Gasteiger partial charge is 0.463 e. The molecule has 1 saturated heterocycles. The molecule has 1 amide bonds. The van der Waals surface area contributed by atoms with E-state index >= 15 is 0 Å². The number of esters is 1. The van der Waals surface area contributed by atoms with Crippen molar-refractivity contribution in [3.8, 4) is 0 Å². The average Bonchev–Trinajstić information content (AvgIpc) is 3.61. The molecule has 0 unspecified atom stereocenters. The molecular weight excluding hydrogens is 543 g/mol. The summed E-state index contributed by atoms with van der Waals surface area (Å²) in [5, 5.41) is 5.21. The van der Waals surface area contributed by atoms with E-state index < -0.39 is 23.8 Å². The van der Waals surface area contributed by atoms with Crippen LogP contribution in [0.15, 0.2) is 76.3 Å². The quantitative estimate of drug-likeness (QED) is 0.412. The van der Waals surface area contributed by atoms with Gasteiger partial charge in [0.15, 0.2) is 5.17 Å². The Morgan fingerprint density at radius 1 is 1.15 bits per heavy atom. The van der Waals surface area contributed by atoms with Crippen LogP contribution in [0.25, 0.3) is 5.70 Å². The molecule has 7 nitrogen and oxygen atoms in total. The third-order valence-corrected chi connectivity index (χ3v) is 7.69. The van der Waals surface area contributed by atoms with Crippen LogP contribution in [0, 0.1) is 0 Å². The van der Waals surface area contributed by atoms with E-state index in [2.05, 4.69) is 5.32 Å². The number of thioether (sulfide) groups is 1. The highest BCUT2D eigenvalue weighted by molar-refractivity contribution is 8.16. The summed E-state index contributed by atoms with van der Waals surface area (Å²) in [4.78, 5) is 32.9. The summed E-state index contributed by atoms with van der Waals surface area (Å²) >= 11 is 1.29. The summed E-state index contributed by atoms with van der Waals surface area (Å²) in [6, 6.07) is 12.9. The highest BCUT2D eigenvalue weighted by Crippen LogP contribution is 2.47. The molecule has 0 saturated carbocycles. The van der Waals surface area contributed by atoms with E-state index in [1.807, 2.05) is 30.3 Å². The molecule has 0 bridgehead atoms. The Bertz CT molecular complexity index is 1350. The number of ether oxygens (including phenoxy) is 2. The van der Waals surface area contributed by atoms with Gasteiger partial charge in [0.1, 0.15) is 0 Å². The van der Waals surface area contributed by atoms with E-state index in [0.29, 0.717) is 40.8 Å². The third kappa shape index (κ3) is 5.95. The summed E-state index contributed by atoms with van der Waals surface area (Å²) in [6.45, 7) is 2.86. The van der Waals surface area contributed by atoms with Gasteiger partial charge in [0.25, 0.3) is 0 Å². The van der Waals surface area contributed by atoms with Crippen LogP contribution >= 0.6 is 11.8 Å². The molecule has 3 heterocycles. The molecule has 0 spiro atoms. The monoisotopic (exact) mass is 571 g/mol. The van der Waals surface area contributed by atoms with Crippen LogP contribution in [0.4, 0.5) is 13.2 Å². The van der Waals surface area contributed by atoms with Gasteiger partial charge in [0, 0.05) is 24.4 Å². The van der Waals surface area contributed by atoms with Gasteiger partial charge in [-0.25, -0.2) is 9.79 Å². The third-order valence-electron chi connectivity index (χ3n) is 6.80. The van der Waals surface area contributed by atoms with Crippen molar-refractivity contribution in [3.05, 3.63) is 88.0 Å². The number of carbonyl (C=O) groups is 2. The van der Waals surface area contributed by atoms with Gasteiger partial charge < -0.3 is 19.7 Å². The lowest BCUT2D eigenvalue weighted by Gasteiger charge is -2.37. The van der Waals surface area contributed by atoms with Gasteiger partial charge in [-0.15, -0.1) is 0 Å². The summed E-state index contributed by atoms with van der Waals surface area (Å²) in [7, 11) is 0. The lowest BCUT2D eigenvalue weighted by atomic mass is 9.91. The minimum atomic E-state index is -4.51. The van der Waals surface area contributed by atoms with Crippen LogP contribution < -0.4 is 5.32 Å². The Kier molecular flexibility index (Phi) is 8.32. The molecule has 11 heteroatoms. The van der Waals surface area contributed by atoms with Crippen molar-refractivity contribution in [2.45, 2.75) is 44.5 Å². The molecule has 2 aromatic rings. The average molecular weight is 572 g/mol. The molecule has 0 aliphatic carbocycles. The zero-order valence-electron chi connectivity index (χ0n) is 21.7. The number of aliphatic imine (C=N–C) groups is 1. The fourth-order valence-corrected chi connectivity index (χ4v) is 5.84. The Balaban J connectivity index is 1.54. The van der Waals surface area contributed by atoms with E-state index in [0.717, 1.165) is 25.0 Å². The Labute approximate surface area is 234 Å². The molecule has 1 N–H and O–H groups in total. The second kappa shape index (κ2) is 11.9. The molecular formula is C29H28F3N3O4S. The number of hydrogen-bond acceptors (Lipinski definition) is 7. The Morgan fingerprint density at radius 3 is 2.55 bits per heavy atom. The number of amides is 1. The van der Waals surface area contributed by atoms with Crippen molar-refractivity contribution in [2.75, 3.05) is 19.8 Å². The molecule has 210 valence electrons. The number of halogens is 3. The van der Waals surface area contributed by atoms with Crippen LogP contribution in [-0.4, -0.2) is 47.8 Å². The molecule has 0 radical (unpaired) electrons. The lowest BCUT2D eigenvalue weighted by molar-refractivity contribution is -0.139. The number of fused-ring (bicyclic) bond motifs is 1. The Morgan fingerprint density at radius 2 is 1.90 bits per heavy atom. The Hall–Kier alpha value is -3.57. The molecule has 5 rings (SSSR count). The number of rotatable bonds is 8. The van der Waals surface area contributed by atoms with Gasteiger partial charge in [0.2, 0.25) is 5.91 Å². The lowest BCUT2D eigenvalue weighted by Crippen LogP contribution is -2.39. The maximum absolute atomic E-state index is 13.5. The van der Waals surface area contributed by atoms with E-state index in [1.54, 1.807) is 17.2 Å². The second-order valence-electron chi connectivity index (χ2n) is 9.48.